The van der Waals surface area contributed by atoms with E-state index in [0.29, 0.717) is 16.0 Å². The van der Waals surface area contributed by atoms with Gasteiger partial charge in [-0.25, -0.2) is 9.97 Å². The third-order valence-corrected chi connectivity index (χ3v) is 5.93. The van der Waals surface area contributed by atoms with E-state index in [1.807, 2.05) is 50.2 Å². The number of thiazole rings is 1. The minimum atomic E-state index is -0.203. The summed E-state index contributed by atoms with van der Waals surface area (Å²) in [5.41, 5.74) is 3.28. The van der Waals surface area contributed by atoms with E-state index < -0.39 is 0 Å². The Kier molecular flexibility index (Phi) is 5.81. The molecule has 2 aromatic heterocycles. The minimum absolute atomic E-state index is 0.145. The summed E-state index contributed by atoms with van der Waals surface area (Å²) in [5, 5.41) is 3.93. The van der Waals surface area contributed by atoms with Gasteiger partial charge in [0.25, 0.3) is 5.56 Å². The van der Waals surface area contributed by atoms with Crippen LogP contribution in [0, 0.1) is 13.8 Å². The first-order valence-corrected chi connectivity index (χ1v) is 10.6. The fraction of sp³-hybridized carbons (Fsp3) is 0.217. The summed E-state index contributed by atoms with van der Waals surface area (Å²) in [6, 6.07) is 13.1. The molecule has 0 unspecified atom stereocenters. The maximum atomic E-state index is 12.7. The fourth-order valence-corrected chi connectivity index (χ4v) is 4.22. The summed E-state index contributed by atoms with van der Waals surface area (Å²) in [7, 11) is 1.62. The van der Waals surface area contributed by atoms with E-state index in [1.165, 1.54) is 22.2 Å². The summed E-state index contributed by atoms with van der Waals surface area (Å²) >= 11 is 1.42. The normalized spacial score (nSPS) is 10.9. The molecule has 0 fully saturated rings. The molecule has 2 aromatic carbocycles. The van der Waals surface area contributed by atoms with Crippen molar-refractivity contribution in [3.63, 3.8) is 0 Å². The maximum absolute atomic E-state index is 12.7. The number of ether oxygens (including phenoxy) is 1. The van der Waals surface area contributed by atoms with Crippen LogP contribution in [0.4, 0.5) is 5.13 Å². The molecule has 0 saturated heterocycles. The van der Waals surface area contributed by atoms with Gasteiger partial charge < -0.3 is 10.1 Å². The Labute approximate surface area is 183 Å². The van der Waals surface area contributed by atoms with Crippen LogP contribution in [0.25, 0.3) is 22.2 Å². The number of rotatable bonds is 6. The summed E-state index contributed by atoms with van der Waals surface area (Å²) in [6.07, 6.45) is 1.65. The number of para-hydroxylation sites is 1. The number of anilines is 1. The van der Waals surface area contributed by atoms with Gasteiger partial charge >= 0.3 is 0 Å². The molecule has 0 bridgehead atoms. The number of hydrogen-bond acceptors (Lipinski definition) is 6. The van der Waals surface area contributed by atoms with Gasteiger partial charge in [-0.15, -0.1) is 11.3 Å². The van der Waals surface area contributed by atoms with Gasteiger partial charge in [-0.3, -0.25) is 14.2 Å². The molecule has 0 atom stereocenters. The highest BCUT2D eigenvalue weighted by molar-refractivity contribution is 7.16. The highest BCUT2D eigenvalue weighted by Crippen LogP contribution is 2.31. The quantitative estimate of drug-likeness (QED) is 0.492. The Balaban J connectivity index is 1.44. The van der Waals surface area contributed by atoms with Gasteiger partial charge in [0.15, 0.2) is 5.13 Å². The highest BCUT2D eigenvalue weighted by Gasteiger charge is 2.13. The zero-order valence-electron chi connectivity index (χ0n) is 17.5. The van der Waals surface area contributed by atoms with Crippen molar-refractivity contribution < 1.29 is 9.53 Å². The Hall–Kier alpha value is -3.52. The highest BCUT2D eigenvalue weighted by atomic mass is 32.1. The molecule has 1 amide bonds. The van der Waals surface area contributed by atoms with E-state index in [-0.39, 0.29) is 24.4 Å². The number of carbonyl (C=O) groups excluding carboxylic acids is 1. The van der Waals surface area contributed by atoms with Crippen molar-refractivity contribution in [1.29, 1.82) is 0 Å². The zero-order valence-corrected chi connectivity index (χ0v) is 18.3. The number of aryl methyl sites for hydroxylation is 3. The van der Waals surface area contributed by atoms with Crippen molar-refractivity contribution in [2.24, 2.45) is 0 Å². The number of fused-ring (bicyclic) bond motifs is 1. The second kappa shape index (κ2) is 8.69. The van der Waals surface area contributed by atoms with Crippen LogP contribution in [0.1, 0.15) is 16.9 Å². The first kappa shape index (κ1) is 20.7. The number of amides is 1. The van der Waals surface area contributed by atoms with E-state index in [9.17, 15) is 9.59 Å². The Morgan fingerprint density at radius 3 is 2.68 bits per heavy atom. The van der Waals surface area contributed by atoms with Crippen LogP contribution < -0.4 is 15.6 Å². The van der Waals surface area contributed by atoms with Gasteiger partial charge in [0, 0.05) is 23.4 Å². The lowest BCUT2D eigenvalue weighted by Gasteiger charge is -2.07. The average molecular weight is 435 g/mol. The van der Waals surface area contributed by atoms with Gasteiger partial charge in [-0.05, 0) is 49.7 Å². The first-order chi connectivity index (χ1) is 15.0. The molecule has 1 N–H and O–H groups in total. The number of carbonyl (C=O) groups is 1. The molecule has 31 heavy (non-hydrogen) atoms. The molecule has 0 aliphatic rings. The number of hydrogen-bond donors (Lipinski definition) is 1. The average Bonchev–Trinajstić information content (AvgIpc) is 3.13. The lowest BCUT2D eigenvalue weighted by molar-refractivity contribution is -0.116. The van der Waals surface area contributed by atoms with Crippen molar-refractivity contribution >= 4 is 33.3 Å². The maximum Gasteiger partial charge on any atom is 0.261 e. The van der Waals surface area contributed by atoms with E-state index in [4.69, 9.17) is 4.74 Å². The predicted octanol–water partition coefficient (Wildman–Crippen LogP) is 4.17. The predicted molar refractivity (Wildman–Crippen MR) is 123 cm³/mol. The summed E-state index contributed by atoms with van der Waals surface area (Å²) in [6.45, 7) is 4.13. The second-order valence-electron chi connectivity index (χ2n) is 7.16. The van der Waals surface area contributed by atoms with E-state index in [0.717, 1.165) is 27.4 Å². The third-order valence-electron chi connectivity index (χ3n) is 5.04. The number of nitrogens with zero attached hydrogens (tertiary/aromatic N) is 3. The number of nitrogens with one attached hydrogen (secondary N) is 1. The van der Waals surface area contributed by atoms with Crippen molar-refractivity contribution in [1.82, 2.24) is 14.5 Å². The minimum Gasteiger partial charge on any atom is -0.497 e. The standard InChI is InChI=1S/C23H22N4O3S/c1-14-5-4-6-18-20(14)24-13-27(22(18)29)12-11-19(28)25-23-26-21(15(2)31-23)16-7-9-17(30-3)10-8-16/h4-10,13H,11-12H2,1-3H3,(H,25,26,28). The smallest absolute Gasteiger partial charge is 0.261 e. The zero-order chi connectivity index (χ0) is 22.0. The summed E-state index contributed by atoms with van der Waals surface area (Å²) in [5.74, 6) is 0.574. The van der Waals surface area contributed by atoms with Crippen LogP contribution in [0.15, 0.2) is 53.6 Å². The summed E-state index contributed by atoms with van der Waals surface area (Å²) in [4.78, 5) is 35.1. The van der Waals surface area contributed by atoms with Crippen LogP contribution in [0.5, 0.6) is 5.75 Å². The van der Waals surface area contributed by atoms with Crippen LogP contribution in [-0.2, 0) is 11.3 Å². The molecule has 0 aliphatic carbocycles. The monoisotopic (exact) mass is 434 g/mol. The Bertz CT molecular complexity index is 1310. The second-order valence-corrected chi connectivity index (χ2v) is 8.37. The van der Waals surface area contributed by atoms with Gasteiger partial charge in [-0.2, -0.15) is 0 Å². The lowest BCUT2D eigenvalue weighted by atomic mass is 10.1. The molecule has 0 spiro atoms. The van der Waals surface area contributed by atoms with Gasteiger partial charge in [0.05, 0.1) is 30.0 Å². The van der Waals surface area contributed by atoms with Crippen LogP contribution in [0.2, 0.25) is 0 Å². The molecule has 4 rings (SSSR count). The van der Waals surface area contributed by atoms with Gasteiger partial charge in [0.1, 0.15) is 5.75 Å². The number of benzene rings is 2. The molecule has 0 saturated carbocycles. The topological polar surface area (TPSA) is 86.1 Å². The lowest BCUT2D eigenvalue weighted by Crippen LogP contribution is -2.23. The molecule has 158 valence electrons. The third kappa shape index (κ3) is 4.34. The van der Waals surface area contributed by atoms with Crippen molar-refractivity contribution in [2.45, 2.75) is 26.8 Å². The van der Waals surface area contributed by atoms with Crippen LogP contribution >= 0.6 is 11.3 Å². The SMILES string of the molecule is COc1ccc(-c2nc(NC(=O)CCn3cnc4c(C)cccc4c3=O)sc2C)cc1. The molecule has 0 radical (unpaired) electrons. The molecule has 2 heterocycles. The van der Waals surface area contributed by atoms with Crippen LogP contribution in [-0.4, -0.2) is 27.6 Å². The molecule has 8 heteroatoms. The first-order valence-electron chi connectivity index (χ1n) is 9.82. The van der Waals surface area contributed by atoms with Crippen molar-refractivity contribution in [2.75, 3.05) is 12.4 Å². The van der Waals surface area contributed by atoms with E-state index >= 15 is 0 Å². The van der Waals surface area contributed by atoms with E-state index in [1.54, 1.807) is 13.2 Å². The number of methoxy groups -OCH3 is 1. The molecule has 4 aromatic rings. The van der Waals surface area contributed by atoms with Crippen molar-refractivity contribution in [3.8, 4) is 17.0 Å². The molecule has 7 nitrogen and oxygen atoms in total. The number of aromatic nitrogens is 3. The van der Waals surface area contributed by atoms with Crippen LogP contribution in [0.3, 0.4) is 0 Å². The van der Waals surface area contributed by atoms with E-state index in [2.05, 4.69) is 15.3 Å². The molecule has 0 aliphatic heterocycles. The van der Waals surface area contributed by atoms with Gasteiger partial charge in [-0.1, -0.05) is 12.1 Å². The summed E-state index contributed by atoms with van der Waals surface area (Å²) < 4.78 is 6.66. The fourth-order valence-electron chi connectivity index (χ4n) is 3.37. The Morgan fingerprint density at radius 2 is 1.94 bits per heavy atom. The molecular weight excluding hydrogens is 412 g/mol. The Morgan fingerprint density at radius 1 is 1.16 bits per heavy atom. The van der Waals surface area contributed by atoms with Crippen molar-refractivity contribution in [3.05, 3.63) is 69.6 Å². The van der Waals surface area contributed by atoms with Gasteiger partial charge in [0.2, 0.25) is 5.91 Å². The largest absolute Gasteiger partial charge is 0.497 e. The molecular formula is C23H22N4O3S.